The van der Waals surface area contributed by atoms with Crippen LogP contribution in [0.1, 0.15) is 25.5 Å². The summed E-state index contributed by atoms with van der Waals surface area (Å²) in [5.74, 6) is 0.0947. The first kappa shape index (κ1) is 14.2. The monoisotopic (exact) mass is 236 g/mol. The van der Waals surface area contributed by atoms with Gasteiger partial charge in [0.1, 0.15) is 0 Å². The van der Waals surface area contributed by atoms with E-state index in [0.717, 1.165) is 13.1 Å². The summed E-state index contributed by atoms with van der Waals surface area (Å²) < 4.78 is 0. The number of aliphatic hydroxyl groups is 1. The fourth-order valence-corrected chi connectivity index (χ4v) is 2.35. The van der Waals surface area contributed by atoms with Gasteiger partial charge in [0, 0.05) is 18.6 Å². The fraction of sp³-hybridized carbons (Fsp3) is 0.571. The zero-order valence-electron chi connectivity index (χ0n) is 10.8. The molecule has 0 saturated carbocycles. The molecule has 96 valence electrons. The Morgan fingerprint density at radius 1 is 1.18 bits per heavy atom. The van der Waals surface area contributed by atoms with Crippen LogP contribution in [0.25, 0.3) is 0 Å². The summed E-state index contributed by atoms with van der Waals surface area (Å²) in [6.07, 6.45) is 0. The van der Waals surface area contributed by atoms with Gasteiger partial charge in [0.05, 0.1) is 0 Å². The Labute approximate surface area is 104 Å². The zero-order valence-corrected chi connectivity index (χ0v) is 10.8. The van der Waals surface area contributed by atoms with Crippen LogP contribution in [-0.4, -0.2) is 36.2 Å². The first-order valence-electron chi connectivity index (χ1n) is 6.38. The van der Waals surface area contributed by atoms with Gasteiger partial charge in [-0.15, -0.1) is 0 Å². The van der Waals surface area contributed by atoms with E-state index in [4.69, 9.17) is 5.73 Å². The van der Waals surface area contributed by atoms with E-state index in [1.807, 2.05) is 18.2 Å². The maximum Gasteiger partial charge on any atom is 0.0489 e. The number of hydrogen-bond acceptors (Lipinski definition) is 3. The number of benzene rings is 1. The minimum absolute atomic E-state index is 0.0947. The van der Waals surface area contributed by atoms with E-state index >= 15 is 0 Å². The molecule has 3 N–H and O–H groups in total. The third-order valence-electron chi connectivity index (χ3n) is 3.33. The van der Waals surface area contributed by atoms with Crippen LogP contribution in [0.15, 0.2) is 30.3 Å². The summed E-state index contributed by atoms with van der Waals surface area (Å²) in [5, 5.41) is 9.49. The standard InChI is InChI=1S/C14H24N2O/c1-3-16(4-2)14(13(10-15)11-17)12-8-6-5-7-9-12/h5-9,13-14,17H,3-4,10-11,15H2,1-2H3. The van der Waals surface area contributed by atoms with Gasteiger partial charge in [0.15, 0.2) is 0 Å². The van der Waals surface area contributed by atoms with Gasteiger partial charge in [0.2, 0.25) is 0 Å². The molecule has 0 heterocycles. The minimum Gasteiger partial charge on any atom is -0.396 e. The van der Waals surface area contributed by atoms with Crippen molar-refractivity contribution in [2.75, 3.05) is 26.2 Å². The van der Waals surface area contributed by atoms with Crippen LogP contribution in [0.3, 0.4) is 0 Å². The molecular weight excluding hydrogens is 212 g/mol. The summed E-state index contributed by atoms with van der Waals surface area (Å²) in [6, 6.07) is 10.5. The molecule has 1 aromatic carbocycles. The number of rotatable bonds is 7. The number of nitrogens with two attached hydrogens (primary N) is 1. The van der Waals surface area contributed by atoms with Gasteiger partial charge in [-0.05, 0) is 25.2 Å². The van der Waals surface area contributed by atoms with Crippen LogP contribution in [0.2, 0.25) is 0 Å². The second kappa shape index (κ2) is 7.43. The van der Waals surface area contributed by atoms with E-state index in [0.29, 0.717) is 6.54 Å². The van der Waals surface area contributed by atoms with Crippen LogP contribution in [-0.2, 0) is 0 Å². The second-order valence-corrected chi connectivity index (χ2v) is 4.26. The Morgan fingerprint density at radius 3 is 2.18 bits per heavy atom. The Morgan fingerprint density at radius 2 is 1.76 bits per heavy atom. The van der Waals surface area contributed by atoms with Crippen LogP contribution < -0.4 is 5.73 Å². The first-order valence-corrected chi connectivity index (χ1v) is 6.38. The molecule has 0 aliphatic heterocycles. The molecule has 0 bridgehead atoms. The number of aliphatic hydroxyl groups excluding tert-OH is 1. The van der Waals surface area contributed by atoms with Crippen molar-refractivity contribution in [3.05, 3.63) is 35.9 Å². The van der Waals surface area contributed by atoms with E-state index in [2.05, 4.69) is 30.9 Å². The van der Waals surface area contributed by atoms with Gasteiger partial charge < -0.3 is 10.8 Å². The van der Waals surface area contributed by atoms with E-state index in [1.54, 1.807) is 0 Å². The SMILES string of the molecule is CCN(CC)C(c1ccccc1)C(CN)CO. The van der Waals surface area contributed by atoms with Crippen LogP contribution in [0.5, 0.6) is 0 Å². The zero-order chi connectivity index (χ0) is 12.7. The Hall–Kier alpha value is -0.900. The van der Waals surface area contributed by atoms with Crippen molar-refractivity contribution in [3.63, 3.8) is 0 Å². The molecule has 1 aromatic rings. The predicted molar refractivity (Wildman–Crippen MR) is 71.7 cm³/mol. The lowest BCUT2D eigenvalue weighted by atomic mass is 9.92. The third-order valence-corrected chi connectivity index (χ3v) is 3.33. The van der Waals surface area contributed by atoms with Gasteiger partial charge in [-0.1, -0.05) is 44.2 Å². The molecule has 3 nitrogen and oxygen atoms in total. The van der Waals surface area contributed by atoms with Gasteiger partial charge in [0.25, 0.3) is 0 Å². The van der Waals surface area contributed by atoms with Gasteiger partial charge in [-0.25, -0.2) is 0 Å². The maximum atomic E-state index is 9.49. The average Bonchev–Trinajstić information content (AvgIpc) is 2.40. The van der Waals surface area contributed by atoms with Crippen molar-refractivity contribution < 1.29 is 5.11 Å². The highest BCUT2D eigenvalue weighted by Gasteiger charge is 2.25. The Balaban J connectivity index is 3.01. The lowest BCUT2D eigenvalue weighted by molar-refractivity contribution is 0.109. The van der Waals surface area contributed by atoms with E-state index < -0.39 is 0 Å². The molecule has 0 spiro atoms. The molecule has 0 saturated heterocycles. The average molecular weight is 236 g/mol. The molecule has 2 unspecified atom stereocenters. The lowest BCUT2D eigenvalue weighted by Crippen LogP contribution is -2.38. The molecule has 3 heteroatoms. The van der Waals surface area contributed by atoms with Crippen molar-refractivity contribution in [1.29, 1.82) is 0 Å². The summed E-state index contributed by atoms with van der Waals surface area (Å²) in [6.45, 7) is 6.85. The minimum atomic E-state index is 0.0947. The smallest absolute Gasteiger partial charge is 0.0489 e. The Bertz CT molecular complexity index is 282. The van der Waals surface area contributed by atoms with Crippen LogP contribution in [0.4, 0.5) is 0 Å². The molecule has 1 rings (SSSR count). The molecule has 0 aliphatic rings. The Kier molecular flexibility index (Phi) is 6.19. The van der Waals surface area contributed by atoms with Crippen molar-refractivity contribution in [3.8, 4) is 0 Å². The number of hydrogen-bond donors (Lipinski definition) is 2. The highest BCUT2D eigenvalue weighted by molar-refractivity contribution is 5.20. The van der Waals surface area contributed by atoms with Crippen molar-refractivity contribution in [1.82, 2.24) is 4.90 Å². The topological polar surface area (TPSA) is 49.5 Å². The largest absolute Gasteiger partial charge is 0.396 e. The summed E-state index contributed by atoms with van der Waals surface area (Å²) in [4.78, 5) is 2.35. The highest BCUT2D eigenvalue weighted by Crippen LogP contribution is 2.27. The van der Waals surface area contributed by atoms with Crippen molar-refractivity contribution in [2.45, 2.75) is 19.9 Å². The third kappa shape index (κ3) is 3.53. The van der Waals surface area contributed by atoms with E-state index in [1.165, 1.54) is 5.56 Å². The quantitative estimate of drug-likeness (QED) is 0.756. The molecule has 0 aliphatic carbocycles. The first-order chi connectivity index (χ1) is 8.28. The summed E-state index contributed by atoms with van der Waals surface area (Å²) in [5.41, 5.74) is 7.02. The van der Waals surface area contributed by atoms with Gasteiger partial charge >= 0.3 is 0 Å². The van der Waals surface area contributed by atoms with Crippen LogP contribution in [0, 0.1) is 5.92 Å². The van der Waals surface area contributed by atoms with E-state index in [-0.39, 0.29) is 18.6 Å². The molecule has 0 fully saturated rings. The normalized spacial score (nSPS) is 14.9. The second-order valence-electron chi connectivity index (χ2n) is 4.26. The lowest BCUT2D eigenvalue weighted by Gasteiger charge is -2.35. The fourth-order valence-electron chi connectivity index (χ4n) is 2.35. The molecule has 17 heavy (non-hydrogen) atoms. The molecule has 2 atom stereocenters. The van der Waals surface area contributed by atoms with E-state index in [9.17, 15) is 5.11 Å². The molecule has 0 aromatic heterocycles. The maximum absolute atomic E-state index is 9.49. The summed E-state index contributed by atoms with van der Waals surface area (Å²) >= 11 is 0. The van der Waals surface area contributed by atoms with Crippen LogP contribution >= 0.6 is 0 Å². The molecular formula is C14H24N2O. The molecule has 0 amide bonds. The van der Waals surface area contributed by atoms with Crippen molar-refractivity contribution >= 4 is 0 Å². The predicted octanol–water partition coefficient (Wildman–Crippen LogP) is 1.64. The molecule has 0 radical (unpaired) electrons. The number of nitrogens with zero attached hydrogens (tertiary/aromatic N) is 1. The highest BCUT2D eigenvalue weighted by atomic mass is 16.3. The van der Waals surface area contributed by atoms with Gasteiger partial charge in [-0.3, -0.25) is 4.90 Å². The van der Waals surface area contributed by atoms with Crippen molar-refractivity contribution in [2.24, 2.45) is 11.7 Å². The summed E-state index contributed by atoms with van der Waals surface area (Å²) in [7, 11) is 0. The van der Waals surface area contributed by atoms with Gasteiger partial charge in [-0.2, -0.15) is 0 Å².